The largest absolute Gasteiger partial charge is 0.366 e. The average Bonchev–Trinajstić information content (AvgIpc) is 2.40. The minimum atomic E-state index is -0.209. The van der Waals surface area contributed by atoms with Crippen LogP contribution >= 0.6 is 0 Å². The van der Waals surface area contributed by atoms with Crippen LogP contribution in [0.15, 0.2) is 30.5 Å². The van der Waals surface area contributed by atoms with Gasteiger partial charge in [-0.2, -0.15) is 0 Å². The highest BCUT2D eigenvalue weighted by Gasteiger charge is 2.14. The van der Waals surface area contributed by atoms with Gasteiger partial charge in [0.15, 0.2) is 0 Å². The monoisotopic (exact) mass is 245 g/mol. The number of benzene rings is 1. The second-order valence-corrected chi connectivity index (χ2v) is 4.71. The zero-order valence-corrected chi connectivity index (χ0v) is 10.1. The van der Waals surface area contributed by atoms with Gasteiger partial charge in [-0.3, -0.25) is 0 Å². The smallest absolute Gasteiger partial charge is 0.134 e. The first-order valence-electron chi connectivity index (χ1n) is 6.34. The standard InChI is InChI=1S/C14H16FN3/c15-11-3-4-13-10(8-11)5-7-17-14(13)18-12-2-1-6-16-9-12/h3-5,7-8,12,16H,1-2,6,9H2,(H,17,18). The number of halogens is 1. The molecule has 3 rings (SSSR count). The summed E-state index contributed by atoms with van der Waals surface area (Å²) in [4.78, 5) is 4.37. The molecule has 0 bridgehead atoms. The van der Waals surface area contributed by atoms with Crippen molar-refractivity contribution in [1.82, 2.24) is 10.3 Å². The number of pyridine rings is 1. The van der Waals surface area contributed by atoms with E-state index in [-0.39, 0.29) is 5.82 Å². The molecule has 2 aromatic rings. The van der Waals surface area contributed by atoms with Crippen LogP contribution in [0, 0.1) is 5.82 Å². The number of nitrogens with one attached hydrogen (secondary N) is 2. The molecule has 0 amide bonds. The van der Waals surface area contributed by atoms with Crippen molar-refractivity contribution in [1.29, 1.82) is 0 Å². The fraction of sp³-hybridized carbons (Fsp3) is 0.357. The Morgan fingerprint density at radius 2 is 2.28 bits per heavy atom. The van der Waals surface area contributed by atoms with Crippen LogP contribution in [0.5, 0.6) is 0 Å². The fourth-order valence-electron chi connectivity index (χ4n) is 2.43. The summed E-state index contributed by atoms with van der Waals surface area (Å²) in [7, 11) is 0. The Morgan fingerprint density at radius 1 is 1.33 bits per heavy atom. The molecule has 3 nitrogen and oxygen atoms in total. The van der Waals surface area contributed by atoms with Crippen LogP contribution in [-0.4, -0.2) is 24.1 Å². The number of aromatic nitrogens is 1. The molecule has 1 atom stereocenters. The summed E-state index contributed by atoms with van der Waals surface area (Å²) in [5, 5.41) is 8.67. The lowest BCUT2D eigenvalue weighted by Gasteiger charge is -2.24. The van der Waals surface area contributed by atoms with E-state index in [0.29, 0.717) is 6.04 Å². The van der Waals surface area contributed by atoms with E-state index in [1.54, 1.807) is 18.3 Å². The van der Waals surface area contributed by atoms with Crippen molar-refractivity contribution < 1.29 is 4.39 Å². The third kappa shape index (κ3) is 2.29. The van der Waals surface area contributed by atoms with Crippen molar-refractivity contribution in [3.63, 3.8) is 0 Å². The Kier molecular flexibility index (Phi) is 3.11. The lowest BCUT2D eigenvalue weighted by atomic mass is 10.1. The van der Waals surface area contributed by atoms with Crippen LogP contribution in [0.3, 0.4) is 0 Å². The third-order valence-electron chi connectivity index (χ3n) is 3.36. The second kappa shape index (κ2) is 4.90. The number of piperidine rings is 1. The molecular weight excluding hydrogens is 229 g/mol. The van der Waals surface area contributed by atoms with Crippen molar-refractivity contribution in [2.45, 2.75) is 18.9 Å². The highest BCUT2D eigenvalue weighted by atomic mass is 19.1. The Labute approximate surface area is 105 Å². The minimum Gasteiger partial charge on any atom is -0.366 e. The van der Waals surface area contributed by atoms with E-state index in [2.05, 4.69) is 15.6 Å². The van der Waals surface area contributed by atoms with Gasteiger partial charge < -0.3 is 10.6 Å². The molecule has 0 saturated carbocycles. The van der Waals surface area contributed by atoms with Gasteiger partial charge in [-0.1, -0.05) is 0 Å². The van der Waals surface area contributed by atoms with Gasteiger partial charge in [0, 0.05) is 24.2 Å². The Balaban J connectivity index is 1.91. The van der Waals surface area contributed by atoms with Crippen molar-refractivity contribution in [2.24, 2.45) is 0 Å². The van der Waals surface area contributed by atoms with Crippen molar-refractivity contribution >= 4 is 16.6 Å². The van der Waals surface area contributed by atoms with Gasteiger partial charge in [-0.25, -0.2) is 9.37 Å². The Morgan fingerprint density at radius 3 is 3.11 bits per heavy atom. The SMILES string of the molecule is Fc1ccc2c(NC3CCCNC3)nccc2c1. The molecule has 94 valence electrons. The van der Waals surface area contributed by atoms with Gasteiger partial charge in [0.2, 0.25) is 0 Å². The molecule has 18 heavy (non-hydrogen) atoms. The number of anilines is 1. The van der Waals surface area contributed by atoms with Crippen molar-refractivity contribution in [3.8, 4) is 0 Å². The predicted octanol–water partition coefficient (Wildman–Crippen LogP) is 2.54. The van der Waals surface area contributed by atoms with E-state index < -0.39 is 0 Å². The summed E-state index contributed by atoms with van der Waals surface area (Å²) in [6.07, 6.45) is 4.05. The van der Waals surface area contributed by atoms with Crippen LogP contribution < -0.4 is 10.6 Å². The Bertz CT molecular complexity index is 550. The molecule has 2 N–H and O–H groups in total. The number of rotatable bonds is 2. The van der Waals surface area contributed by atoms with Crippen molar-refractivity contribution in [3.05, 3.63) is 36.3 Å². The summed E-state index contributed by atoms with van der Waals surface area (Å²) >= 11 is 0. The third-order valence-corrected chi connectivity index (χ3v) is 3.36. The molecule has 1 fully saturated rings. The van der Waals surface area contributed by atoms with Crippen molar-refractivity contribution in [2.75, 3.05) is 18.4 Å². The zero-order valence-electron chi connectivity index (χ0n) is 10.1. The molecule has 2 heterocycles. The predicted molar refractivity (Wildman–Crippen MR) is 71.2 cm³/mol. The molecule has 1 unspecified atom stereocenters. The molecule has 0 spiro atoms. The quantitative estimate of drug-likeness (QED) is 0.853. The summed E-state index contributed by atoms with van der Waals surface area (Å²) in [5.74, 6) is 0.639. The van der Waals surface area contributed by atoms with E-state index >= 15 is 0 Å². The lowest BCUT2D eigenvalue weighted by molar-refractivity contribution is 0.479. The summed E-state index contributed by atoms with van der Waals surface area (Å²) in [5.41, 5.74) is 0. The van der Waals surface area contributed by atoms with Crippen LogP contribution in [-0.2, 0) is 0 Å². The molecular formula is C14H16FN3. The molecule has 1 aromatic carbocycles. The summed E-state index contributed by atoms with van der Waals surface area (Å²) in [6.45, 7) is 2.05. The topological polar surface area (TPSA) is 37.0 Å². The fourth-order valence-corrected chi connectivity index (χ4v) is 2.43. The highest BCUT2D eigenvalue weighted by molar-refractivity contribution is 5.91. The van der Waals surface area contributed by atoms with Gasteiger partial charge in [0.25, 0.3) is 0 Å². The highest BCUT2D eigenvalue weighted by Crippen LogP contribution is 2.23. The first-order chi connectivity index (χ1) is 8.83. The number of nitrogens with zero attached hydrogens (tertiary/aromatic N) is 1. The van der Waals surface area contributed by atoms with Gasteiger partial charge in [-0.05, 0) is 49.0 Å². The van der Waals surface area contributed by atoms with E-state index in [0.717, 1.165) is 36.1 Å². The van der Waals surface area contributed by atoms with E-state index in [9.17, 15) is 4.39 Å². The normalized spacial score (nSPS) is 19.9. The molecule has 1 aliphatic heterocycles. The molecule has 1 aliphatic rings. The maximum atomic E-state index is 13.2. The number of hydrogen-bond donors (Lipinski definition) is 2. The Hall–Kier alpha value is -1.68. The lowest BCUT2D eigenvalue weighted by Crippen LogP contribution is -2.38. The summed E-state index contributed by atoms with van der Waals surface area (Å²) < 4.78 is 13.2. The first-order valence-corrected chi connectivity index (χ1v) is 6.34. The summed E-state index contributed by atoms with van der Waals surface area (Å²) in [6, 6.07) is 7.05. The van der Waals surface area contributed by atoms with Gasteiger partial charge in [0.05, 0.1) is 0 Å². The minimum absolute atomic E-state index is 0.209. The molecule has 0 aliphatic carbocycles. The molecule has 1 saturated heterocycles. The number of fused-ring (bicyclic) bond motifs is 1. The zero-order chi connectivity index (χ0) is 12.4. The molecule has 1 aromatic heterocycles. The number of hydrogen-bond acceptors (Lipinski definition) is 3. The van der Waals surface area contributed by atoms with Crippen LogP contribution in [0.1, 0.15) is 12.8 Å². The average molecular weight is 245 g/mol. The van der Waals surface area contributed by atoms with Gasteiger partial charge in [0.1, 0.15) is 11.6 Å². The van der Waals surface area contributed by atoms with Crippen LogP contribution in [0.25, 0.3) is 10.8 Å². The molecule has 4 heteroatoms. The van der Waals surface area contributed by atoms with E-state index in [1.807, 2.05) is 6.07 Å². The maximum Gasteiger partial charge on any atom is 0.134 e. The van der Waals surface area contributed by atoms with E-state index in [1.165, 1.54) is 12.5 Å². The van der Waals surface area contributed by atoms with Crippen LogP contribution in [0.4, 0.5) is 10.2 Å². The molecule has 0 radical (unpaired) electrons. The maximum absolute atomic E-state index is 13.2. The van der Waals surface area contributed by atoms with Gasteiger partial charge in [-0.15, -0.1) is 0 Å². The first kappa shape index (κ1) is 11.4. The van der Waals surface area contributed by atoms with Crippen LogP contribution in [0.2, 0.25) is 0 Å². The second-order valence-electron chi connectivity index (χ2n) is 4.71. The van der Waals surface area contributed by atoms with Gasteiger partial charge >= 0.3 is 0 Å². The van der Waals surface area contributed by atoms with E-state index in [4.69, 9.17) is 0 Å².